The molecule has 0 N–H and O–H groups in total. The first kappa shape index (κ1) is 18.9. The maximum absolute atomic E-state index is 2.42. The van der Waals surface area contributed by atoms with Gasteiger partial charge in [0.1, 0.15) is 0 Å². The van der Waals surface area contributed by atoms with Crippen LogP contribution in [0.15, 0.2) is 121 Å². The van der Waals surface area contributed by atoms with Gasteiger partial charge in [0.05, 0.1) is 0 Å². The lowest BCUT2D eigenvalue weighted by Crippen LogP contribution is -1.89. The predicted octanol–water partition coefficient (Wildman–Crippen LogP) is 9.54. The van der Waals surface area contributed by atoms with E-state index in [0.29, 0.717) is 0 Å². The van der Waals surface area contributed by atoms with Crippen LogP contribution >= 0.6 is 0 Å². The van der Waals surface area contributed by atoms with Gasteiger partial charge in [0.25, 0.3) is 0 Å². The highest BCUT2D eigenvalue weighted by molar-refractivity contribution is 6.25. The average molecular weight is 443 g/mol. The molecule has 0 unspecified atom stereocenters. The number of hydrogen-bond donors (Lipinski definition) is 0. The molecule has 0 amide bonds. The van der Waals surface area contributed by atoms with Crippen LogP contribution in [0.1, 0.15) is 11.1 Å². The van der Waals surface area contributed by atoms with Crippen LogP contribution in [0.4, 0.5) is 0 Å². The van der Waals surface area contributed by atoms with Crippen molar-refractivity contribution in [2.24, 2.45) is 0 Å². The minimum absolute atomic E-state index is 0.988. The monoisotopic (exact) mass is 442 g/mol. The van der Waals surface area contributed by atoms with Crippen LogP contribution in [0, 0.1) is 0 Å². The topological polar surface area (TPSA) is 0 Å². The van der Waals surface area contributed by atoms with Crippen molar-refractivity contribution < 1.29 is 0 Å². The standard InChI is InChI=1S/C35H22/c1-2-9-23-19-33-25(18-22(23)8-1)21-34-26(14-7-15-31(33)34)24-16-17-32-29-12-4-3-10-27(29)28-11-5-6-13-30(28)35(32)20-24/h1-20H,21H2. The van der Waals surface area contributed by atoms with E-state index >= 15 is 0 Å². The third-order valence-corrected chi connectivity index (χ3v) is 7.86. The molecule has 0 atom stereocenters. The van der Waals surface area contributed by atoms with Crippen LogP contribution in [0.25, 0.3) is 65.3 Å². The maximum Gasteiger partial charge on any atom is -0.000706 e. The van der Waals surface area contributed by atoms with E-state index in [1.807, 2.05) is 0 Å². The summed E-state index contributed by atoms with van der Waals surface area (Å²) < 4.78 is 0. The second-order valence-corrected chi connectivity index (χ2v) is 9.72. The highest BCUT2D eigenvalue weighted by atomic mass is 14.3. The van der Waals surface area contributed by atoms with Crippen molar-refractivity contribution in [2.75, 3.05) is 0 Å². The first-order valence-electron chi connectivity index (χ1n) is 12.3. The van der Waals surface area contributed by atoms with E-state index in [-0.39, 0.29) is 0 Å². The highest BCUT2D eigenvalue weighted by Crippen LogP contribution is 2.44. The second-order valence-electron chi connectivity index (χ2n) is 9.72. The molecule has 7 aromatic rings. The van der Waals surface area contributed by atoms with Crippen molar-refractivity contribution in [3.8, 4) is 22.3 Å². The summed E-state index contributed by atoms with van der Waals surface area (Å²) in [5.74, 6) is 0. The summed E-state index contributed by atoms with van der Waals surface area (Å²) in [7, 11) is 0. The maximum atomic E-state index is 2.42. The summed E-state index contributed by atoms with van der Waals surface area (Å²) in [6, 6.07) is 45.0. The fourth-order valence-electron chi connectivity index (χ4n) is 6.25. The molecule has 1 aliphatic carbocycles. The van der Waals surface area contributed by atoms with Gasteiger partial charge in [0, 0.05) is 0 Å². The second kappa shape index (κ2) is 7.04. The fraction of sp³-hybridized carbons (Fsp3) is 0.0286. The Morgan fingerprint density at radius 2 is 0.943 bits per heavy atom. The zero-order valence-electron chi connectivity index (χ0n) is 19.3. The summed E-state index contributed by atoms with van der Waals surface area (Å²) in [5, 5.41) is 10.6. The molecular formula is C35H22. The molecule has 0 aromatic heterocycles. The van der Waals surface area contributed by atoms with Gasteiger partial charge in [0.15, 0.2) is 0 Å². The minimum Gasteiger partial charge on any atom is -0.0616 e. The molecule has 0 spiro atoms. The smallest absolute Gasteiger partial charge is 0.000706 e. The van der Waals surface area contributed by atoms with E-state index in [0.717, 1.165) is 6.42 Å². The number of hydrogen-bond acceptors (Lipinski definition) is 0. The van der Waals surface area contributed by atoms with E-state index < -0.39 is 0 Å². The first-order chi connectivity index (χ1) is 17.3. The summed E-state index contributed by atoms with van der Waals surface area (Å²) in [4.78, 5) is 0. The Hall–Kier alpha value is -4.42. The van der Waals surface area contributed by atoms with Gasteiger partial charge in [-0.2, -0.15) is 0 Å². The van der Waals surface area contributed by atoms with Crippen molar-refractivity contribution in [2.45, 2.75) is 6.42 Å². The zero-order valence-corrected chi connectivity index (χ0v) is 19.3. The Bertz CT molecular complexity index is 1940. The molecule has 35 heavy (non-hydrogen) atoms. The van der Waals surface area contributed by atoms with Crippen LogP contribution in [0.3, 0.4) is 0 Å². The zero-order chi connectivity index (χ0) is 22.9. The molecule has 7 aromatic carbocycles. The quantitative estimate of drug-likeness (QED) is 0.222. The van der Waals surface area contributed by atoms with Gasteiger partial charge in [-0.15, -0.1) is 0 Å². The molecule has 1 aliphatic rings. The summed E-state index contributed by atoms with van der Waals surface area (Å²) in [6.07, 6.45) is 0.988. The van der Waals surface area contributed by atoms with Crippen molar-refractivity contribution in [1.82, 2.24) is 0 Å². The van der Waals surface area contributed by atoms with Crippen LogP contribution in [-0.2, 0) is 6.42 Å². The van der Waals surface area contributed by atoms with Gasteiger partial charge in [-0.05, 0) is 95.0 Å². The van der Waals surface area contributed by atoms with Gasteiger partial charge >= 0.3 is 0 Å². The van der Waals surface area contributed by atoms with Gasteiger partial charge in [-0.25, -0.2) is 0 Å². The van der Waals surface area contributed by atoms with E-state index in [2.05, 4.69) is 121 Å². The largest absolute Gasteiger partial charge is 0.0616 e. The third-order valence-electron chi connectivity index (χ3n) is 7.86. The highest BCUT2D eigenvalue weighted by Gasteiger charge is 2.22. The fourth-order valence-corrected chi connectivity index (χ4v) is 6.25. The molecule has 0 saturated heterocycles. The third kappa shape index (κ3) is 2.68. The normalized spacial score (nSPS) is 12.5. The number of rotatable bonds is 1. The van der Waals surface area contributed by atoms with Crippen LogP contribution in [-0.4, -0.2) is 0 Å². The van der Waals surface area contributed by atoms with Crippen LogP contribution in [0.2, 0.25) is 0 Å². The lowest BCUT2D eigenvalue weighted by Gasteiger charge is -2.14. The van der Waals surface area contributed by atoms with Crippen molar-refractivity contribution in [3.05, 3.63) is 132 Å². The molecule has 0 bridgehead atoms. The SMILES string of the molecule is c1cc(-c2ccc3c4ccccc4c4ccccc4c3c2)c2c(c1)-c1cc3ccccc3cc1C2. The Labute approximate surface area is 204 Å². The molecule has 0 saturated carbocycles. The van der Waals surface area contributed by atoms with E-state index in [4.69, 9.17) is 0 Å². The molecule has 0 nitrogen and oxygen atoms in total. The Morgan fingerprint density at radius 1 is 0.371 bits per heavy atom. The molecule has 0 fully saturated rings. The molecule has 0 heteroatoms. The average Bonchev–Trinajstić information content (AvgIpc) is 3.29. The van der Waals surface area contributed by atoms with Crippen molar-refractivity contribution in [1.29, 1.82) is 0 Å². The Kier molecular flexibility index (Phi) is 3.81. The van der Waals surface area contributed by atoms with Crippen LogP contribution in [0.5, 0.6) is 0 Å². The first-order valence-corrected chi connectivity index (χ1v) is 12.3. The van der Waals surface area contributed by atoms with Crippen molar-refractivity contribution >= 4 is 43.1 Å². The minimum atomic E-state index is 0.988. The van der Waals surface area contributed by atoms with Crippen molar-refractivity contribution in [3.63, 3.8) is 0 Å². The molecule has 0 aliphatic heterocycles. The van der Waals surface area contributed by atoms with E-state index in [9.17, 15) is 0 Å². The summed E-state index contributed by atoms with van der Waals surface area (Å²) in [5.41, 5.74) is 8.30. The Morgan fingerprint density at radius 3 is 1.66 bits per heavy atom. The summed E-state index contributed by atoms with van der Waals surface area (Å²) >= 11 is 0. The lowest BCUT2D eigenvalue weighted by molar-refractivity contribution is 1.27. The van der Waals surface area contributed by atoms with Crippen LogP contribution < -0.4 is 0 Å². The molecule has 8 rings (SSSR count). The number of benzene rings is 7. The number of fused-ring (bicyclic) bond motifs is 10. The lowest BCUT2D eigenvalue weighted by atomic mass is 9.90. The van der Waals surface area contributed by atoms with E-state index in [1.54, 1.807) is 0 Å². The van der Waals surface area contributed by atoms with E-state index in [1.165, 1.54) is 76.5 Å². The van der Waals surface area contributed by atoms with Gasteiger partial charge in [-0.3, -0.25) is 0 Å². The summed E-state index contributed by atoms with van der Waals surface area (Å²) in [6.45, 7) is 0. The molecule has 0 radical (unpaired) electrons. The molecule has 162 valence electrons. The van der Waals surface area contributed by atoms with Gasteiger partial charge < -0.3 is 0 Å². The molecule has 0 heterocycles. The van der Waals surface area contributed by atoms with Gasteiger partial charge in [0.2, 0.25) is 0 Å². The predicted molar refractivity (Wildman–Crippen MR) is 150 cm³/mol. The van der Waals surface area contributed by atoms with Gasteiger partial charge in [-0.1, -0.05) is 109 Å². The Balaban J connectivity index is 1.38. The molecular weight excluding hydrogens is 420 g/mol.